The predicted octanol–water partition coefficient (Wildman–Crippen LogP) is 4.15. The summed E-state index contributed by atoms with van der Waals surface area (Å²) in [6, 6.07) is 0. The molecule has 1 unspecified atom stereocenters. The summed E-state index contributed by atoms with van der Waals surface area (Å²) >= 11 is 0. The highest BCUT2D eigenvalue weighted by Crippen LogP contribution is 2.23. The van der Waals surface area contributed by atoms with Crippen LogP contribution in [-0.2, 0) is 19.1 Å². The van der Waals surface area contributed by atoms with Crippen LogP contribution >= 0.6 is 0 Å². The molecule has 0 spiro atoms. The smallest absolute Gasteiger partial charge is 0.308 e. The summed E-state index contributed by atoms with van der Waals surface area (Å²) in [5.74, 6) is -0.539. The molecule has 0 bridgehead atoms. The normalized spacial score (nSPS) is 22.0. The summed E-state index contributed by atoms with van der Waals surface area (Å²) in [5, 5.41) is 0. The van der Waals surface area contributed by atoms with Gasteiger partial charge in [-0.1, -0.05) is 19.8 Å². The molecule has 2 saturated carbocycles. The Morgan fingerprint density at radius 1 is 0.864 bits per heavy atom. The summed E-state index contributed by atoms with van der Waals surface area (Å²) < 4.78 is 11.0. The number of carbonyl (C=O) groups is 2. The number of hydrogen-bond donors (Lipinski definition) is 0. The van der Waals surface area contributed by atoms with Gasteiger partial charge in [-0.25, -0.2) is 0 Å². The molecule has 0 N–H and O–H groups in total. The standard InChI is InChI=1S/C18H30O4/c1-14(18(20)22-16-10-6-3-7-11-16)12-13-17(19)21-15-8-4-2-5-9-15/h14-16H,2-13H2,1H3. The Labute approximate surface area is 133 Å². The molecule has 0 aliphatic heterocycles. The molecule has 2 aliphatic carbocycles. The quantitative estimate of drug-likeness (QED) is 0.691. The molecule has 2 aliphatic rings. The first kappa shape index (κ1) is 17.3. The van der Waals surface area contributed by atoms with Crippen LogP contribution in [0.25, 0.3) is 0 Å². The maximum Gasteiger partial charge on any atom is 0.308 e. The van der Waals surface area contributed by atoms with Crippen LogP contribution in [0.1, 0.15) is 84.0 Å². The van der Waals surface area contributed by atoms with Gasteiger partial charge in [0.2, 0.25) is 0 Å². The minimum atomic E-state index is -0.221. The minimum Gasteiger partial charge on any atom is -0.462 e. The van der Waals surface area contributed by atoms with Crippen LogP contribution in [0.5, 0.6) is 0 Å². The second-order valence-electron chi connectivity index (χ2n) is 6.89. The molecule has 0 aromatic carbocycles. The molecule has 0 aromatic rings. The third kappa shape index (κ3) is 5.98. The van der Waals surface area contributed by atoms with Gasteiger partial charge >= 0.3 is 11.9 Å². The van der Waals surface area contributed by atoms with Gasteiger partial charge in [-0.3, -0.25) is 9.59 Å². The number of carbonyl (C=O) groups excluding carboxylic acids is 2. The van der Waals surface area contributed by atoms with E-state index in [1.165, 1.54) is 12.8 Å². The molecule has 0 heterocycles. The molecule has 0 aromatic heterocycles. The summed E-state index contributed by atoms with van der Waals surface area (Å²) in [4.78, 5) is 23.9. The van der Waals surface area contributed by atoms with Crippen molar-refractivity contribution in [3.05, 3.63) is 0 Å². The largest absolute Gasteiger partial charge is 0.462 e. The van der Waals surface area contributed by atoms with Crippen LogP contribution < -0.4 is 0 Å². The zero-order valence-corrected chi connectivity index (χ0v) is 13.9. The molecule has 2 fully saturated rings. The fraction of sp³-hybridized carbons (Fsp3) is 0.889. The molecule has 0 saturated heterocycles. The Kier molecular flexibility index (Phi) is 7.20. The van der Waals surface area contributed by atoms with Crippen LogP contribution in [-0.4, -0.2) is 24.1 Å². The second kappa shape index (κ2) is 9.16. The Balaban J connectivity index is 1.61. The lowest BCUT2D eigenvalue weighted by Crippen LogP contribution is -2.26. The molecule has 4 nitrogen and oxygen atoms in total. The van der Waals surface area contributed by atoms with E-state index >= 15 is 0 Å². The van der Waals surface area contributed by atoms with Gasteiger partial charge in [0.1, 0.15) is 12.2 Å². The first-order valence-electron chi connectivity index (χ1n) is 9.05. The summed E-state index contributed by atoms with van der Waals surface area (Å²) in [5.41, 5.74) is 0. The molecule has 0 radical (unpaired) electrons. The molecule has 22 heavy (non-hydrogen) atoms. The Bertz CT molecular complexity index is 354. The van der Waals surface area contributed by atoms with Gasteiger partial charge in [0, 0.05) is 6.42 Å². The molecule has 4 heteroatoms. The van der Waals surface area contributed by atoms with E-state index in [2.05, 4.69) is 0 Å². The van der Waals surface area contributed by atoms with Gasteiger partial charge in [-0.15, -0.1) is 0 Å². The third-order valence-electron chi connectivity index (χ3n) is 4.87. The monoisotopic (exact) mass is 310 g/mol. The van der Waals surface area contributed by atoms with Gasteiger partial charge in [0.05, 0.1) is 5.92 Å². The highest BCUT2D eigenvalue weighted by atomic mass is 16.5. The summed E-state index contributed by atoms with van der Waals surface area (Å²) in [7, 11) is 0. The van der Waals surface area contributed by atoms with Crippen LogP contribution in [0.4, 0.5) is 0 Å². The van der Waals surface area contributed by atoms with Gasteiger partial charge < -0.3 is 9.47 Å². The Hall–Kier alpha value is -1.06. The van der Waals surface area contributed by atoms with Crippen LogP contribution in [0.2, 0.25) is 0 Å². The molecular formula is C18H30O4. The van der Waals surface area contributed by atoms with Crippen molar-refractivity contribution in [3.63, 3.8) is 0 Å². The molecule has 126 valence electrons. The van der Waals surface area contributed by atoms with Gasteiger partial charge in [0.25, 0.3) is 0 Å². The van der Waals surface area contributed by atoms with E-state index in [0.717, 1.165) is 51.4 Å². The molecular weight excluding hydrogens is 280 g/mol. The average molecular weight is 310 g/mol. The third-order valence-corrected chi connectivity index (χ3v) is 4.87. The fourth-order valence-electron chi connectivity index (χ4n) is 3.34. The maximum atomic E-state index is 12.0. The zero-order valence-electron chi connectivity index (χ0n) is 13.9. The van der Waals surface area contributed by atoms with Gasteiger partial charge in [-0.2, -0.15) is 0 Å². The Morgan fingerprint density at radius 3 is 1.91 bits per heavy atom. The summed E-state index contributed by atoms with van der Waals surface area (Å²) in [6.07, 6.45) is 12.1. The van der Waals surface area contributed by atoms with E-state index in [1.54, 1.807) is 0 Å². The molecule has 0 amide bonds. The van der Waals surface area contributed by atoms with E-state index < -0.39 is 0 Å². The SMILES string of the molecule is CC(CCC(=O)OC1CCCCC1)C(=O)OC1CCCCC1. The topological polar surface area (TPSA) is 52.6 Å². The van der Waals surface area contributed by atoms with E-state index in [0.29, 0.717) is 12.8 Å². The lowest BCUT2D eigenvalue weighted by atomic mass is 9.97. The van der Waals surface area contributed by atoms with Crippen molar-refractivity contribution < 1.29 is 19.1 Å². The van der Waals surface area contributed by atoms with Gasteiger partial charge in [0.15, 0.2) is 0 Å². The first-order chi connectivity index (χ1) is 10.6. The van der Waals surface area contributed by atoms with Crippen LogP contribution in [0, 0.1) is 5.92 Å². The number of ether oxygens (including phenoxy) is 2. The van der Waals surface area contributed by atoms with E-state index in [1.807, 2.05) is 6.92 Å². The molecule has 2 rings (SSSR count). The number of hydrogen-bond acceptors (Lipinski definition) is 4. The maximum absolute atomic E-state index is 12.0. The predicted molar refractivity (Wildman–Crippen MR) is 84.3 cm³/mol. The average Bonchev–Trinajstić information content (AvgIpc) is 2.54. The summed E-state index contributed by atoms with van der Waals surface area (Å²) in [6.45, 7) is 1.85. The van der Waals surface area contributed by atoms with Gasteiger partial charge in [-0.05, 0) is 57.8 Å². The zero-order chi connectivity index (χ0) is 15.8. The minimum absolute atomic E-state index is 0.0953. The highest BCUT2D eigenvalue weighted by molar-refractivity contribution is 5.74. The second-order valence-corrected chi connectivity index (χ2v) is 6.89. The lowest BCUT2D eigenvalue weighted by molar-refractivity contribution is -0.156. The van der Waals surface area contributed by atoms with Crippen molar-refractivity contribution in [2.75, 3.05) is 0 Å². The van der Waals surface area contributed by atoms with Crippen molar-refractivity contribution >= 4 is 11.9 Å². The van der Waals surface area contributed by atoms with Crippen molar-refractivity contribution in [2.45, 2.75) is 96.2 Å². The van der Waals surface area contributed by atoms with Crippen molar-refractivity contribution in [3.8, 4) is 0 Å². The van der Waals surface area contributed by atoms with Crippen molar-refractivity contribution in [2.24, 2.45) is 5.92 Å². The Morgan fingerprint density at radius 2 is 1.36 bits per heavy atom. The number of rotatable bonds is 6. The molecule has 1 atom stereocenters. The van der Waals surface area contributed by atoms with Crippen LogP contribution in [0.15, 0.2) is 0 Å². The van der Waals surface area contributed by atoms with Crippen molar-refractivity contribution in [1.82, 2.24) is 0 Å². The number of esters is 2. The van der Waals surface area contributed by atoms with Crippen molar-refractivity contribution in [1.29, 1.82) is 0 Å². The highest BCUT2D eigenvalue weighted by Gasteiger charge is 2.23. The first-order valence-corrected chi connectivity index (χ1v) is 9.05. The van der Waals surface area contributed by atoms with E-state index in [4.69, 9.17) is 9.47 Å². The fourth-order valence-corrected chi connectivity index (χ4v) is 3.34. The van der Waals surface area contributed by atoms with Crippen LogP contribution in [0.3, 0.4) is 0 Å². The van der Waals surface area contributed by atoms with E-state index in [-0.39, 0.29) is 30.1 Å². The lowest BCUT2D eigenvalue weighted by Gasteiger charge is -2.24. The van der Waals surface area contributed by atoms with E-state index in [9.17, 15) is 9.59 Å².